The smallest absolute Gasteiger partial charge is 0.0681 e. The number of benzene rings is 1. The van der Waals surface area contributed by atoms with Gasteiger partial charge in [-0.3, -0.25) is 0 Å². The molecule has 0 amide bonds. The lowest BCUT2D eigenvalue weighted by Crippen LogP contribution is -2.21. The van der Waals surface area contributed by atoms with E-state index in [4.69, 9.17) is 5.11 Å². The predicted octanol–water partition coefficient (Wildman–Crippen LogP) is 1.82. The molecule has 1 saturated heterocycles. The molecule has 1 fully saturated rings. The fraction of sp³-hybridized carbons (Fsp3) is 0.538. The average molecular weight is 205 g/mol. The molecule has 1 heterocycles. The van der Waals surface area contributed by atoms with E-state index < -0.39 is 0 Å². The highest BCUT2D eigenvalue weighted by Gasteiger charge is 2.10. The quantitative estimate of drug-likeness (QED) is 0.810. The molecule has 0 aromatic heterocycles. The summed E-state index contributed by atoms with van der Waals surface area (Å²) in [6, 6.07) is 8.26. The van der Waals surface area contributed by atoms with Crippen LogP contribution in [0.3, 0.4) is 0 Å². The van der Waals surface area contributed by atoms with Crippen LogP contribution in [0.25, 0.3) is 0 Å². The van der Waals surface area contributed by atoms with Crippen LogP contribution in [0.1, 0.15) is 24.0 Å². The molecule has 0 unspecified atom stereocenters. The highest BCUT2D eigenvalue weighted by atomic mass is 16.3. The molecule has 0 atom stereocenters. The molecule has 15 heavy (non-hydrogen) atoms. The highest BCUT2D eigenvalue weighted by Crippen LogP contribution is 2.10. The Morgan fingerprint density at radius 1 is 1.13 bits per heavy atom. The van der Waals surface area contributed by atoms with Crippen LogP contribution in [0.2, 0.25) is 0 Å². The van der Waals surface area contributed by atoms with Gasteiger partial charge in [0, 0.05) is 6.54 Å². The Balaban J connectivity index is 1.86. The molecule has 1 aromatic rings. The van der Waals surface area contributed by atoms with E-state index in [1.807, 2.05) is 12.1 Å². The maximum absolute atomic E-state index is 9.03. The van der Waals surface area contributed by atoms with Crippen LogP contribution in [0.4, 0.5) is 0 Å². The van der Waals surface area contributed by atoms with Crippen molar-refractivity contribution in [3.05, 3.63) is 35.4 Å². The summed E-state index contributed by atoms with van der Waals surface area (Å²) < 4.78 is 0. The lowest BCUT2D eigenvalue weighted by Gasteiger charge is -2.14. The third-order valence-corrected chi connectivity index (χ3v) is 3.09. The molecule has 0 saturated carbocycles. The number of hydrogen-bond acceptors (Lipinski definition) is 2. The second kappa shape index (κ2) is 5.29. The minimum atomic E-state index is 0.150. The zero-order chi connectivity index (χ0) is 10.5. The maximum atomic E-state index is 9.03. The first-order valence-corrected chi connectivity index (χ1v) is 5.79. The zero-order valence-corrected chi connectivity index (χ0v) is 9.15. The summed E-state index contributed by atoms with van der Waals surface area (Å²) in [6.45, 7) is 3.84. The van der Waals surface area contributed by atoms with Crippen LogP contribution in [0.5, 0.6) is 0 Å². The van der Waals surface area contributed by atoms with Crippen molar-refractivity contribution < 1.29 is 5.11 Å². The summed E-state index contributed by atoms with van der Waals surface area (Å²) in [6.07, 6.45) is 3.82. The first-order valence-electron chi connectivity index (χ1n) is 5.79. The van der Waals surface area contributed by atoms with Gasteiger partial charge in [-0.1, -0.05) is 24.3 Å². The van der Waals surface area contributed by atoms with Gasteiger partial charge in [-0.15, -0.1) is 0 Å². The fourth-order valence-electron chi connectivity index (χ4n) is 2.18. The Labute approximate surface area is 91.5 Å². The molecule has 82 valence electrons. The standard InChI is InChI=1S/C13H19NO/c15-11-13-5-3-4-12(10-13)6-9-14-7-1-2-8-14/h3-5,10,15H,1-2,6-9,11H2. The lowest BCUT2D eigenvalue weighted by molar-refractivity contribution is 0.281. The summed E-state index contributed by atoms with van der Waals surface area (Å²) in [4.78, 5) is 2.52. The average Bonchev–Trinajstić information content (AvgIpc) is 2.79. The molecule has 0 bridgehead atoms. The molecule has 0 spiro atoms. The third kappa shape index (κ3) is 3.05. The molecule has 1 aliphatic heterocycles. The van der Waals surface area contributed by atoms with E-state index >= 15 is 0 Å². The molecule has 0 radical (unpaired) electrons. The number of aliphatic hydroxyl groups excluding tert-OH is 1. The van der Waals surface area contributed by atoms with Crippen molar-refractivity contribution in [2.24, 2.45) is 0 Å². The van der Waals surface area contributed by atoms with E-state index in [0.29, 0.717) is 0 Å². The minimum absolute atomic E-state index is 0.150. The third-order valence-electron chi connectivity index (χ3n) is 3.09. The summed E-state index contributed by atoms with van der Waals surface area (Å²) >= 11 is 0. The van der Waals surface area contributed by atoms with Crippen LogP contribution in [0.15, 0.2) is 24.3 Å². The Morgan fingerprint density at radius 2 is 1.87 bits per heavy atom. The molecule has 2 rings (SSSR count). The lowest BCUT2D eigenvalue weighted by atomic mass is 10.1. The molecule has 1 aliphatic rings. The van der Waals surface area contributed by atoms with Crippen molar-refractivity contribution in [1.29, 1.82) is 0 Å². The number of likely N-dealkylation sites (tertiary alicyclic amines) is 1. The van der Waals surface area contributed by atoms with Gasteiger partial charge in [0.15, 0.2) is 0 Å². The topological polar surface area (TPSA) is 23.5 Å². The Hall–Kier alpha value is -0.860. The highest BCUT2D eigenvalue weighted by molar-refractivity contribution is 5.23. The van der Waals surface area contributed by atoms with Gasteiger partial charge < -0.3 is 10.0 Å². The Bertz CT molecular complexity index is 305. The van der Waals surface area contributed by atoms with Gasteiger partial charge in [0.2, 0.25) is 0 Å². The van der Waals surface area contributed by atoms with Crippen molar-refractivity contribution in [2.45, 2.75) is 25.9 Å². The van der Waals surface area contributed by atoms with E-state index in [0.717, 1.165) is 18.5 Å². The number of aliphatic hydroxyl groups is 1. The first kappa shape index (κ1) is 10.7. The second-order valence-electron chi connectivity index (χ2n) is 4.28. The molecule has 1 N–H and O–H groups in total. The van der Waals surface area contributed by atoms with Crippen molar-refractivity contribution >= 4 is 0 Å². The van der Waals surface area contributed by atoms with Crippen LogP contribution in [0, 0.1) is 0 Å². The number of nitrogens with zero attached hydrogens (tertiary/aromatic N) is 1. The monoisotopic (exact) mass is 205 g/mol. The minimum Gasteiger partial charge on any atom is -0.392 e. The first-order chi connectivity index (χ1) is 7.38. The number of rotatable bonds is 4. The van der Waals surface area contributed by atoms with Crippen molar-refractivity contribution in [3.8, 4) is 0 Å². The predicted molar refractivity (Wildman–Crippen MR) is 61.7 cm³/mol. The van der Waals surface area contributed by atoms with Crippen LogP contribution < -0.4 is 0 Å². The molecule has 0 aliphatic carbocycles. The van der Waals surface area contributed by atoms with Gasteiger partial charge >= 0.3 is 0 Å². The fourth-order valence-corrected chi connectivity index (χ4v) is 2.18. The summed E-state index contributed by atoms with van der Waals surface area (Å²) in [5, 5.41) is 9.03. The number of hydrogen-bond donors (Lipinski definition) is 1. The van der Waals surface area contributed by atoms with E-state index in [9.17, 15) is 0 Å². The van der Waals surface area contributed by atoms with Crippen molar-refractivity contribution in [2.75, 3.05) is 19.6 Å². The van der Waals surface area contributed by atoms with Gasteiger partial charge in [0.1, 0.15) is 0 Å². The second-order valence-corrected chi connectivity index (χ2v) is 4.28. The van der Waals surface area contributed by atoms with Gasteiger partial charge in [0.25, 0.3) is 0 Å². The molecular formula is C13H19NO. The van der Waals surface area contributed by atoms with Gasteiger partial charge in [-0.2, -0.15) is 0 Å². The normalized spacial score (nSPS) is 17.1. The zero-order valence-electron chi connectivity index (χ0n) is 9.15. The van der Waals surface area contributed by atoms with E-state index in [2.05, 4.69) is 17.0 Å². The molecule has 1 aromatic carbocycles. The summed E-state index contributed by atoms with van der Waals surface area (Å²) in [5.41, 5.74) is 2.36. The SMILES string of the molecule is OCc1cccc(CCN2CCCC2)c1. The van der Waals surface area contributed by atoms with Gasteiger partial charge in [-0.05, 0) is 43.5 Å². The maximum Gasteiger partial charge on any atom is 0.0681 e. The molecule has 2 heteroatoms. The van der Waals surface area contributed by atoms with Crippen LogP contribution >= 0.6 is 0 Å². The van der Waals surface area contributed by atoms with Crippen LogP contribution in [-0.2, 0) is 13.0 Å². The van der Waals surface area contributed by atoms with Gasteiger partial charge in [-0.25, -0.2) is 0 Å². The largest absolute Gasteiger partial charge is 0.392 e. The van der Waals surface area contributed by atoms with Gasteiger partial charge in [0.05, 0.1) is 6.61 Å². The molecular weight excluding hydrogens is 186 g/mol. The van der Waals surface area contributed by atoms with E-state index in [1.54, 1.807) is 0 Å². The van der Waals surface area contributed by atoms with E-state index in [-0.39, 0.29) is 6.61 Å². The summed E-state index contributed by atoms with van der Waals surface area (Å²) in [7, 11) is 0. The van der Waals surface area contributed by atoms with Crippen molar-refractivity contribution in [3.63, 3.8) is 0 Å². The Morgan fingerprint density at radius 3 is 2.60 bits per heavy atom. The molecule has 2 nitrogen and oxygen atoms in total. The Kier molecular flexibility index (Phi) is 3.75. The van der Waals surface area contributed by atoms with Crippen molar-refractivity contribution in [1.82, 2.24) is 4.90 Å². The van der Waals surface area contributed by atoms with Crippen LogP contribution in [-0.4, -0.2) is 29.6 Å². The van der Waals surface area contributed by atoms with E-state index in [1.165, 1.54) is 31.5 Å². The summed E-state index contributed by atoms with van der Waals surface area (Å²) in [5.74, 6) is 0.